The van der Waals surface area contributed by atoms with Gasteiger partial charge in [0, 0.05) is 12.1 Å². The van der Waals surface area contributed by atoms with Crippen molar-refractivity contribution in [1.82, 2.24) is 4.90 Å². The fraction of sp³-hybridized carbons (Fsp3) is 0.800. The molecule has 0 radical (unpaired) electrons. The smallest absolute Gasteiger partial charge is 0.208 e. The molecule has 0 amide bonds. The zero-order valence-corrected chi connectivity index (χ0v) is 9.84. The Morgan fingerprint density at radius 2 is 2.36 bits per heavy atom. The highest BCUT2D eigenvalue weighted by molar-refractivity contribution is 8.13. The molecule has 2 unspecified atom stereocenters. The molecule has 1 fully saturated rings. The minimum Gasteiger partial charge on any atom is -0.345 e. The highest BCUT2D eigenvalue weighted by Gasteiger charge is 2.31. The van der Waals surface area contributed by atoms with Crippen molar-refractivity contribution in [3.63, 3.8) is 0 Å². The SMILES string of the molecule is CCC1CCC(C)N1C(=NC#N)SC. The van der Waals surface area contributed by atoms with Crippen molar-refractivity contribution in [3.8, 4) is 6.19 Å². The number of nitriles is 1. The Morgan fingerprint density at radius 3 is 2.86 bits per heavy atom. The summed E-state index contributed by atoms with van der Waals surface area (Å²) in [6.45, 7) is 4.40. The molecule has 1 aliphatic rings. The van der Waals surface area contributed by atoms with Gasteiger partial charge in [0.1, 0.15) is 0 Å². The van der Waals surface area contributed by atoms with Gasteiger partial charge >= 0.3 is 0 Å². The van der Waals surface area contributed by atoms with Crippen LogP contribution in [0.25, 0.3) is 0 Å². The first-order valence-corrected chi connectivity index (χ1v) is 6.26. The summed E-state index contributed by atoms with van der Waals surface area (Å²) in [6.07, 6.45) is 7.44. The molecule has 0 N–H and O–H groups in total. The van der Waals surface area contributed by atoms with Crippen molar-refractivity contribution in [1.29, 1.82) is 5.26 Å². The van der Waals surface area contributed by atoms with Gasteiger partial charge in [-0.2, -0.15) is 5.26 Å². The first-order chi connectivity index (χ1) is 6.74. The fourth-order valence-corrected chi connectivity index (χ4v) is 2.74. The molecule has 1 rings (SSSR count). The molecule has 0 spiro atoms. The van der Waals surface area contributed by atoms with Gasteiger partial charge in [-0.15, -0.1) is 4.99 Å². The summed E-state index contributed by atoms with van der Waals surface area (Å²) >= 11 is 1.57. The Hall–Kier alpha value is -0.690. The van der Waals surface area contributed by atoms with Gasteiger partial charge in [-0.05, 0) is 32.4 Å². The number of aliphatic imine (C=N–C) groups is 1. The summed E-state index contributed by atoms with van der Waals surface area (Å²) in [5, 5.41) is 9.47. The highest BCUT2D eigenvalue weighted by Crippen LogP contribution is 2.28. The molecule has 0 aromatic heterocycles. The lowest BCUT2D eigenvalue weighted by atomic mass is 10.2. The van der Waals surface area contributed by atoms with Crippen LogP contribution >= 0.6 is 11.8 Å². The molecule has 0 aromatic carbocycles. The summed E-state index contributed by atoms with van der Waals surface area (Å²) in [5.74, 6) is 0. The van der Waals surface area contributed by atoms with Gasteiger partial charge in [0.05, 0.1) is 0 Å². The van der Waals surface area contributed by atoms with Crippen molar-refractivity contribution in [3.05, 3.63) is 0 Å². The molecule has 78 valence electrons. The zero-order valence-electron chi connectivity index (χ0n) is 9.03. The number of hydrogen-bond donors (Lipinski definition) is 0. The van der Waals surface area contributed by atoms with E-state index < -0.39 is 0 Å². The third kappa shape index (κ3) is 2.21. The molecule has 0 bridgehead atoms. The van der Waals surface area contributed by atoms with Gasteiger partial charge < -0.3 is 4.90 Å². The number of hydrogen-bond acceptors (Lipinski definition) is 3. The fourth-order valence-electron chi connectivity index (χ4n) is 2.07. The van der Waals surface area contributed by atoms with Crippen LogP contribution < -0.4 is 0 Å². The van der Waals surface area contributed by atoms with Crippen LogP contribution in [0.15, 0.2) is 4.99 Å². The topological polar surface area (TPSA) is 39.4 Å². The lowest BCUT2D eigenvalue weighted by molar-refractivity contribution is 0.328. The van der Waals surface area contributed by atoms with E-state index in [1.807, 2.05) is 12.4 Å². The second-order valence-electron chi connectivity index (χ2n) is 3.59. The van der Waals surface area contributed by atoms with Gasteiger partial charge in [-0.3, -0.25) is 0 Å². The minimum absolute atomic E-state index is 0.527. The van der Waals surface area contributed by atoms with E-state index in [0.29, 0.717) is 12.1 Å². The van der Waals surface area contributed by atoms with Crippen molar-refractivity contribution in [2.45, 2.75) is 45.2 Å². The van der Waals surface area contributed by atoms with Crippen LogP contribution in [0.3, 0.4) is 0 Å². The molecule has 3 nitrogen and oxygen atoms in total. The first kappa shape index (κ1) is 11.4. The molecule has 14 heavy (non-hydrogen) atoms. The maximum atomic E-state index is 8.60. The second kappa shape index (κ2) is 5.26. The second-order valence-corrected chi connectivity index (χ2v) is 4.37. The van der Waals surface area contributed by atoms with E-state index in [1.54, 1.807) is 11.8 Å². The van der Waals surface area contributed by atoms with Gasteiger partial charge in [0.2, 0.25) is 6.19 Å². The minimum atomic E-state index is 0.527. The molecule has 1 saturated heterocycles. The first-order valence-electron chi connectivity index (χ1n) is 5.03. The lowest BCUT2D eigenvalue weighted by Crippen LogP contribution is -2.37. The quantitative estimate of drug-likeness (QED) is 0.380. The van der Waals surface area contributed by atoms with Crippen LogP contribution in [0, 0.1) is 11.5 Å². The molecule has 0 aromatic rings. The maximum Gasteiger partial charge on any atom is 0.208 e. The van der Waals surface area contributed by atoms with Crippen molar-refractivity contribution < 1.29 is 0 Å². The lowest BCUT2D eigenvalue weighted by Gasteiger charge is -2.29. The number of nitrogens with zero attached hydrogens (tertiary/aromatic N) is 3. The van der Waals surface area contributed by atoms with Crippen molar-refractivity contribution in [2.24, 2.45) is 4.99 Å². The van der Waals surface area contributed by atoms with Crippen LogP contribution in [0.5, 0.6) is 0 Å². The average molecular weight is 211 g/mol. The third-order valence-electron chi connectivity index (χ3n) is 2.81. The van der Waals surface area contributed by atoms with Crippen molar-refractivity contribution in [2.75, 3.05) is 6.26 Å². The average Bonchev–Trinajstić information content (AvgIpc) is 2.56. The predicted molar refractivity (Wildman–Crippen MR) is 61.2 cm³/mol. The monoisotopic (exact) mass is 211 g/mol. The Labute approximate surface area is 90.2 Å². The molecular weight excluding hydrogens is 194 g/mol. The van der Waals surface area contributed by atoms with Gasteiger partial charge in [-0.1, -0.05) is 18.7 Å². The zero-order chi connectivity index (χ0) is 10.6. The number of amidine groups is 1. The normalized spacial score (nSPS) is 27.9. The van der Waals surface area contributed by atoms with Gasteiger partial charge in [0.25, 0.3) is 0 Å². The molecule has 1 heterocycles. The highest BCUT2D eigenvalue weighted by atomic mass is 32.2. The Bertz CT molecular complexity index is 257. The van der Waals surface area contributed by atoms with Gasteiger partial charge in [0.15, 0.2) is 5.17 Å². The van der Waals surface area contributed by atoms with E-state index in [9.17, 15) is 0 Å². The Balaban J connectivity index is 2.82. The van der Waals surface area contributed by atoms with E-state index in [0.717, 1.165) is 11.6 Å². The van der Waals surface area contributed by atoms with Crippen LogP contribution in [0.1, 0.15) is 33.1 Å². The van der Waals surface area contributed by atoms with Crippen molar-refractivity contribution >= 4 is 16.9 Å². The molecule has 4 heteroatoms. The molecule has 1 aliphatic heterocycles. The maximum absolute atomic E-state index is 8.60. The van der Waals surface area contributed by atoms with Crippen LogP contribution in [0.2, 0.25) is 0 Å². The summed E-state index contributed by atoms with van der Waals surface area (Å²) in [6, 6.07) is 1.10. The third-order valence-corrected chi connectivity index (χ3v) is 3.47. The number of rotatable bonds is 1. The Kier molecular flexibility index (Phi) is 4.27. The van der Waals surface area contributed by atoms with E-state index >= 15 is 0 Å². The van der Waals surface area contributed by atoms with E-state index in [1.165, 1.54) is 12.8 Å². The molecular formula is C10H17N3S. The summed E-state index contributed by atoms with van der Waals surface area (Å²) in [5.41, 5.74) is 0. The number of thioether (sulfide) groups is 1. The largest absolute Gasteiger partial charge is 0.345 e. The molecule has 0 saturated carbocycles. The Morgan fingerprint density at radius 1 is 1.64 bits per heavy atom. The molecule has 2 atom stereocenters. The van der Waals surface area contributed by atoms with E-state index in [-0.39, 0.29) is 0 Å². The number of likely N-dealkylation sites (tertiary alicyclic amines) is 1. The van der Waals surface area contributed by atoms with E-state index in [4.69, 9.17) is 5.26 Å². The van der Waals surface area contributed by atoms with Crippen LogP contribution in [0.4, 0.5) is 0 Å². The summed E-state index contributed by atoms with van der Waals surface area (Å²) in [7, 11) is 0. The predicted octanol–water partition coefficient (Wildman–Crippen LogP) is 2.45. The van der Waals surface area contributed by atoms with Crippen LogP contribution in [-0.2, 0) is 0 Å². The van der Waals surface area contributed by atoms with Crippen LogP contribution in [-0.4, -0.2) is 28.4 Å². The summed E-state index contributed by atoms with van der Waals surface area (Å²) in [4.78, 5) is 6.18. The summed E-state index contributed by atoms with van der Waals surface area (Å²) < 4.78 is 0. The molecule has 0 aliphatic carbocycles. The van der Waals surface area contributed by atoms with Gasteiger partial charge in [-0.25, -0.2) is 0 Å². The standard InChI is InChI=1S/C10H17N3S/c1-4-9-6-5-8(2)13(9)10(14-3)12-7-11/h8-9H,4-6H2,1-3H3. The van der Waals surface area contributed by atoms with E-state index in [2.05, 4.69) is 23.7 Å².